The van der Waals surface area contributed by atoms with Crippen molar-refractivity contribution in [2.75, 3.05) is 13.2 Å². The zero-order chi connectivity index (χ0) is 17.6. The zero-order valence-corrected chi connectivity index (χ0v) is 14.6. The molecule has 5 nitrogen and oxygen atoms in total. The van der Waals surface area contributed by atoms with E-state index in [2.05, 4.69) is 10.5 Å². The van der Waals surface area contributed by atoms with Crippen LogP contribution in [0.5, 0.6) is 5.75 Å². The number of hydrogen-bond donors (Lipinski definition) is 1. The summed E-state index contributed by atoms with van der Waals surface area (Å²) in [5, 5.41) is 7.47. The molecule has 3 rings (SSSR count). The Bertz CT molecular complexity index is 764. The van der Waals surface area contributed by atoms with Gasteiger partial charge in [0.2, 0.25) is 6.10 Å². The molecule has 0 bridgehead atoms. The first-order valence-corrected chi connectivity index (χ1v) is 8.49. The minimum Gasteiger partial charge on any atom is -0.492 e. The first-order valence-electron chi connectivity index (χ1n) is 8.11. The minimum atomic E-state index is -0.664. The van der Waals surface area contributed by atoms with E-state index in [4.69, 9.17) is 21.2 Å². The van der Waals surface area contributed by atoms with E-state index in [1.54, 1.807) is 6.07 Å². The average Bonchev–Trinajstić information content (AvgIpc) is 3.01. The van der Waals surface area contributed by atoms with Crippen LogP contribution < -0.4 is 10.1 Å². The fraction of sp³-hybridized carbons (Fsp3) is 0.263. The molecule has 2 aromatic rings. The van der Waals surface area contributed by atoms with Gasteiger partial charge in [-0.2, -0.15) is 0 Å². The van der Waals surface area contributed by atoms with Gasteiger partial charge in [0.05, 0.1) is 18.2 Å². The summed E-state index contributed by atoms with van der Waals surface area (Å²) < 4.78 is 5.55. The van der Waals surface area contributed by atoms with Crippen molar-refractivity contribution >= 4 is 23.2 Å². The summed E-state index contributed by atoms with van der Waals surface area (Å²) in [6, 6.07) is 16.8. The van der Waals surface area contributed by atoms with Gasteiger partial charge in [-0.3, -0.25) is 4.79 Å². The Morgan fingerprint density at radius 2 is 1.92 bits per heavy atom. The highest BCUT2D eigenvalue weighted by Gasteiger charge is 2.37. The van der Waals surface area contributed by atoms with Crippen LogP contribution in [-0.4, -0.2) is 30.9 Å². The Kier molecular flexibility index (Phi) is 5.56. The molecule has 1 aliphatic rings. The van der Waals surface area contributed by atoms with Gasteiger partial charge in [-0.05, 0) is 18.2 Å². The van der Waals surface area contributed by atoms with E-state index in [0.29, 0.717) is 23.9 Å². The number of para-hydroxylation sites is 1. The van der Waals surface area contributed by atoms with Crippen molar-refractivity contribution in [1.82, 2.24) is 5.32 Å². The van der Waals surface area contributed by atoms with Crippen molar-refractivity contribution in [3.8, 4) is 5.75 Å². The highest BCUT2D eigenvalue weighted by molar-refractivity contribution is 6.34. The summed E-state index contributed by atoms with van der Waals surface area (Å²) in [4.78, 5) is 17.7. The molecule has 0 aliphatic carbocycles. The zero-order valence-electron chi connectivity index (χ0n) is 13.8. The van der Waals surface area contributed by atoms with Gasteiger partial charge in [0.25, 0.3) is 5.91 Å². The molecule has 0 saturated carbocycles. The fourth-order valence-corrected chi connectivity index (χ4v) is 2.86. The van der Waals surface area contributed by atoms with Crippen LogP contribution in [0.3, 0.4) is 0 Å². The minimum absolute atomic E-state index is 0.185. The van der Waals surface area contributed by atoms with E-state index in [0.717, 1.165) is 11.3 Å². The van der Waals surface area contributed by atoms with Crippen LogP contribution in [-0.2, 0) is 9.63 Å². The van der Waals surface area contributed by atoms with E-state index < -0.39 is 6.10 Å². The summed E-state index contributed by atoms with van der Waals surface area (Å²) in [6.45, 7) is 2.68. The number of carbonyl (C=O) groups excluding carboxylic acids is 1. The lowest BCUT2D eigenvalue weighted by molar-refractivity contribution is -0.132. The molecule has 25 heavy (non-hydrogen) atoms. The second-order valence-electron chi connectivity index (χ2n) is 5.72. The van der Waals surface area contributed by atoms with E-state index in [-0.39, 0.29) is 11.8 Å². The van der Waals surface area contributed by atoms with Crippen molar-refractivity contribution in [3.05, 3.63) is 65.2 Å². The standard InChI is InChI=1S/C19H19ClN2O3/c1-13-17(15-9-5-6-10-16(15)20)22-25-18(13)19(23)21-11-12-24-14-7-3-2-4-8-14/h2-10,13,18H,11-12H2,1H3,(H,21,23)/t13-,18-/m1/s1. The number of rotatable bonds is 6. The van der Waals surface area contributed by atoms with Gasteiger partial charge in [-0.25, -0.2) is 0 Å². The van der Waals surface area contributed by atoms with Crippen LogP contribution in [0.15, 0.2) is 59.8 Å². The van der Waals surface area contributed by atoms with Gasteiger partial charge < -0.3 is 14.9 Å². The van der Waals surface area contributed by atoms with Gasteiger partial charge in [-0.15, -0.1) is 0 Å². The number of amides is 1. The number of nitrogens with one attached hydrogen (secondary N) is 1. The number of nitrogens with zero attached hydrogens (tertiary/aromatic N) is 1. The smallest absolute Gasteiger partial charge is 0.264 e. The number of hydrogen-bond acceptors (Lipinski definition) is 4. The molecule has 2 aromatic carbocycles. The van der Waals surface area contributed by atoms with Gasteiger partial charge in [0.15, 0.2) is 0 Å². The van der Waals surface area contributed by atoms with Crippen molar-refractivity contribution in [2.24, 2.45) is 11.1 Å². The quantitative estimate of drug-likeness (QED) is 0.806. The largest absolute Gasteiger partial charge is 0.492 e. The summed E-state index contributed by atoms with van der Waals surface area (Å²) in [5.41, 5.74) is 1.48. The molecule has 0 unspecified atom stereocenters. The summed E-state index contributed by atoms with van der Waals surface area (Å²) >= 11 is 6.20. The maximum atomic E-state index is 12.3. The van der Waals surface area contributed by atoms with Gasteiger partial charge in [-0.1, -0.05) is 60.1 Å². The first kappa shape index (κ1) is 17.3. The Hall–Kier alpha value is -2.53. The lowest BCUT2D eigenvalue weighted by atomic mass is 9.94. The first-order chi connectivity index (χ1) is 12.2. The van der Waals surface area contributed by atoms with E-state index >= 15 is 0 Å². The second-order valence-corrected chi connectivity index (χ2v) is 6.13. The Labute approximate surface area is 151 Å². The predicted molar refractivity (Wildman–Crippen MR) is 97.0 cm³/mol. The fourth-order valence-electron chi connectivity index (χ4n) is 2.63. The Morgan fingerprint density at radius 3 is 2.68 bits per heavy atom. The van der Waals surface area contributed by atoms with Crippen LogP contribution >= 0.6 is 11.6 Å². The number of carbonyl (C=O) groups is 1. The van der Waals surface area contributed by atoms with Crippen molar-refractivity contribution in [3.63, 3.8) is 0 Å². The monoisotopic (exact) mass is 358 g/mol. The lowest BCUT2D eigenvalue weighted by Crippen LogP contribution is -2.40. The van der Waals surface area contributed by atoms with Gasteiger partial charge in [0, 0.05) is 10.6 Å². The summed E-state index contributed by atoms with van der Waals surface area (Å²) in [5.74, 6) is 0.372. The second kappa shape index (κ2) is 8.03. The maximum absolute atomic E-state index is 12.3. The third kappa shape index (κ3) is 4.12. The molecule has 130 valence electrons. The highest BCUT2D eigenvalue weighted by Crippen LogP contribution is 2.27. The average molecular weight is 359 g/mol. The van der Waals surface area contributed by atoms with Crippen molar-refractivity contribution < 1.29 is 14.4 Å². The number of ether oxygens (including phenoxy) is 1. The molecule has 1 aliphatic heterocycles. The summed E-state index contributed by atoms with van der Waals surface area (Å²) in [7, 11) is 0. The molecule has 0 radical (unpaired) electrons. The molecule has 0 aromatic heterocycles. The Morgan fingerprint density at radius 1 is 1.20 bits per heavy atom. The molecule has 0 spiro atoms. The van der Waals surface area contributed by atoms with Crippen molar-refractivity contribution in [2.45, 2.75) is 13.0 Å². The molecule has 2 atom stereocenters. The molecule has 1 amide bonds. The van der Waals surface area contributed by atoms with Crippen molar-refractivity contribution in [1.29, 1.82) is 0 Å². The molecule has 1 N–H and O–H groups in total. The van der Waals surface area contributed by atoms with Crippen LogP contribution in [0.4, 0.5) is 0 Å². The SMILES string of the molecule is C[C@@H]1C(c2ccccc2Cl)=NO[C@H]1C(=O)NCCOc1ccccc1. The molecule has 0 fully saturated rings. The maximum Gasteiger partial charge on any atom is 0.264 e. The normalized spacial score (nSPS) is 19.0. The van der Waals surface area contributed by atoms with Gasteiger partial charge in [0.1, 0.15) is 12.4 Å². The molecule has 6 heteroatoms. The van der Waals surface area contributed by atoms with Crippen LogP contribution in [0, 0.1) is 5.92 Å². The van der Waals surface area contributed by atoms with Crippen LogP contribution in [0.2, 0.25) is 5.02 Å². The number of oxime groups is 1. The third-order valence-corrected chi connectivity index (χ3v) is 4.30. The van der Waals surface area contributed by atoms with E-state index in [1.165, 1.54) is 0 Å². The van der Waals surface area contributed by atoms with E-state index in [9.17, 15) is 4.79 Å². The molecular formula is C19H19ClN2O3. The van der Waals surface area contributed by atoms with Crippen LogP contribution in [0.25, 0.3) is 0 Å². The lowest BCUT2D eigenvalue weighted by Gasteiger charge is -2.15. The summed E-state index contributed by atoms with van der Waals surface area (Å²) in [6.07, 6.45) is -0.664. The van der Waals surface area contributed by atoms with E-state index in [1.807, 2.05) is 55.5 Å². The highest BCUT2D eigenvalue weighted by atomic mass is 35.5. The van der Waals surface area contributed by atoms with Crippen LogP contribution in [0.1, 0.15) is 12.5 Å². The molecule has 1 heterocycles. The molecular weight excluding hydrogens is 340 g/mol. The molecule has 0 saturated heterocycles. The number of benzene rings is 2. The third-order valence-electron chi connectivity index (χ3n) is 3.97. The topological polar surface area (TPSA) is 59.9 Å². The number of halogens is 1. The Balaban J connectivity index is 1.50. The predicted octanol–water partition coefficient (Wildman–Crippen LogP) is 3.27. The van der Waals surface area contributed by atoms with Gasteiger partial charge >= 0.3 is 0 Å².